The van der Waals surface area contributed by atoms with Gasteiger partial charge in [-0.1, -0.05) is 42.5 Å². The van der Waals surface area contributed by atoms with Crippen molar-refractivity contribution in [1.29, 1.82) is 0 Å². The predicted molar refractivity (Wildman–Crippen MR) is 135 cm³/mol. The standard InChI is InChI=1S/C26H22N6O4/c1-36-17-8-6-7-16(13-17)14-31-21-12-5-4-11-20(21)28-26(31)29-22(33)15-32-25(35)19-10-3-2-9-18(19)23(30-32)24(27)34/h2-13H,14-15H2,1H3,(H2,27,34)(H,28,29,33). The van der Waals surface area contributed by atoms with Gasteiger partial charge in [-0.15, -0.1) is 0 Å². The quantitative estimate of drug-likeness (QED) is 0.366. The minimum atomic E-state index is -0.791. The molecule has 0 unspecified atom stereocenters. The maximum Gasteiger partial charge on any atom is 0.275 e. The van der Waals surface area contributed by atoms with E-state index < -0.39 is 23.9 Å². The topological polar surface area (TPSA) is 134 Å². The number of nitrogens with zero attached hydrogens (tertiary/aromatic N) is 4. The summed E-state index contributed by atoms with van der Waals surface area (Å²) in [6, 6.07) is 21.6. The Bertz CT molecular complexity index is 1690. The molecule has 180 valence electrons. The Hall–Kier alpha value is -4.99. The Morgan fingerprint density at radius 2 is 1.75 bits per heavy atom. The zero-order valence-corrected chi connectivity index (χ0v) is 19.3. The number of amides is 2. The lowest BCUT2D eigenvalue weighted by atomic mass is 10.1. The molecule has 0 aliphatic heterocycles. The highest BCUT2D eigenvalue weighted by atomic mass is 16.5. The number of imidazole rings is 1. The first kappa shape index (κ1) is 22.8. The molecule has 2 heterocycles. The molecule has 5 aromatic rings. The number of methoxy groups -OCH3 is 1. The first-order chi connectivity index (χ1) is 17.4. The van der Waals surface area contributed by atoms with Crippen LogP contribution in [0.5, 0.6) is 5.75 Å². The van der Waals surface area contributed by atoms with E-state index in [9.17, 15) is 14.4 Å². The van der Waals surface area contributed by atoms with Crippen molar-refractivity contribution in [3.8, 4) is 5.75 Å². The number of benzene rings is 3. The summed E-state index contributed by atoms with van der Waals surface area (Å²) in [5.41, 5.74) is 7.36. The summed E-state index contributed by atoms with van der Waals surface area (Å²) in [5.74, 6) is -0.291. The number of anilines is 1. The van der Waals surface area contributed by atoms with Crippen LogP contribution in [0, 0.1) is 0 Å². The first-order valence-electron chi connectivity index (χ1n) is 11.1. The van der Waals surface area contributed by atoms with Gasteiger partial charge >= 0.3 is 0 Å². The molecule has 0 aliphatic rings. The van der Waals surface area contributed by atoms with Crippen LogP contribution in [0.15, 0.2) is 77.6 Å². The van der Waals surface area contributed by atoms with E-state index >= 15 is 0 Å². The molecule has 3 aromatic carbocycles. The molecule has 0 spiro atoms. The molecule has 2 amide bonds. The van der Waals surface area contributed by atoms with Crippen LogP contribution in [0.2, 0.25) is 0 Å². The fourth-order valence-electron chi connectivity index (χ4n) is 4.11. The van der Waals surface area contributed by atoms with Crippen LogP contribution in [0.1, 0.15) is 16.1 Å². The molecule has 0 aliphatic carbocycles. The maximum atomic E-state index is 13.0. The molecule has 10 nitrogen and oxygen atoms in total. The number of nitrogens with one attached hydrogen (secondary N) is 1. The second kappa shape index (κ2) is 9.34. The van der Waals surface area contributed by atoms with E-state index in [0.717, 1.165) is 21.5 Å². The van der Waals surface area contributed by atoms with E-state index in [-0.39, 0.29) is 11.1 Å². The molecule has 10 heteroatoms. The average Bonchev–Trinajstić information content (AvgIpc) is 3.22. The van der Waals surface area contributed by atoms with Crippen molar-refractivity contribution in [3.05, 3.63) is 94.4 Å². The highest BCUT2D eigenvalue weighted by Gasteiger charge is 2.18. The Kier molecular flexibility index (Phi) is 5.91. The third-order valence-electron chi connectivity index (χ3n) is 5.78. The van der Waals surface area contributed by atoms with E-state index in [1.165, 1.54) is 0 Å². The summed E-state index contributed by atoms with van der Waals surface area (Å²) in [6.45, 7) is -0.000361. The first-order valence-corrected chi connectivity index (χ1v) is 11.1. The average molecular weight is 483 g/mol. The van der Waals surface area contributed by atoms with Crippen LogP contribution in [-0.2, 0) is 17.9 Å². The van der Waals surface area contributed by atoms with Gasteiger partial charge in [0.15, 0.2) is 5.69 Å². The third kappa shape index (κ3) is 4.27. The Labute approximate surface area is 204 Å². The van der Waals surface area contributed by atoms with Crippen molar-refractivity contribution in [3.63, 3.8) is 0 Å². The number of aromatic nitrogens is 4. The lowest BCUT2D eigenvalue weighted by Crippen LogP contribution is -2.32. The van der Waals surface area contributed by atoms with E-state index in [1.807, 2.05) is 53.1 Å². The van der Waals surface area contributed by atoms with Gasteiger partial charge in [-0.25, -0.2) is 9.67 Å². The van der Waals surface area contributed by atoms with Crippen LogP contribution in [-0.4, -0.2) is 38.3 Å². The predicted octanol–water partition coefficient (Wildman–Crippen LogP) is 2.54. The summed E-state index contributed by atoms with van der Waals surface area (Å²) in [4.78, 5) is 42.5. The number of carbonyl (C=O) groups is 2. The number of para-hydroxylation sites is 2. The minimum absolute atomic E-state index is 0.0803. The monoisotopic (exact) mass is 482 g/mol. The normalized spacial score (nSPS) is 11.0. The maximum absolute atomic E-state index is 13.0. The Balaban J connectivity index is 1.48. The van der Waals surface area contributed by atoms with E-state index in [2.05, 4.69) is 15.4 Å². The second-order valence-electron chi connectivity index (χ2n) is 8.13. The van der Waals surface area contributed by atoms with Crippen LogP contribution in [0.3, 0.4) is 0 Å². The molecule has 0 bridgehead atoms. The summed E-state index contributed by atoms with van der Waals surface area (Å²) in [7, 11) is 1.60. The molecule has 0 saturated heterocycles. The van der Waals surface area contributed by atoms with Crippen LogP contribution >= 0.6 is 0 Å². The van der Waals surface area contributed by atoms with Gasteiger partial charge in [0.25, 0.3) is 11.5 Å². The Morgan fingerprint density at radius 3 is 2.53 bits per heavy atom. The number of hydrogen-bond donors (Lipinski definition) is 2. The zero-order valence-electron chi connectivity index (χ0n) is 19.3. The van der Waals surface area contributed by atoms with E-state index in [1.54, 1.807) is 31.4 Å². The van der Waals surface area contributed by atoms with Gasteiger partial charge in [0.05, 0.1) is 30.1 Å². The molecule has 5 rings (SSSR count). The second-order valence-corrected chi connectivity index (χ2v) is 8.13. The summed E-state index contributed by atoms with van der Waals surface area (Å²) < 4.78 is 8.13. The van der Waals surface area contributed by atoms with Gasteiger partial charge in [0.1, 0.15) is 12.3 Å². The fraction of sp³-hybridized carbons (Fsp3) is 0.115. The van der Waals surface area contributed by atoms with E-state index in [4.69, 9.17) is 10.5 Å². The van der Waals surface area contributed by atoms with Crippen LogP contribution in [0.4, 0.5) is 5.95 Å². The van der Waals surface area contributed by atoms with Crippen molar-refractivity contribution < 1.29 is 14.3 Å². The molecular weight excluding hydrogens is 460 g/mol. The number of rotatable bonds is 7. The number of fused-ring (bicyclic) bond motifs is 2. The van der Waals surface area contributed by atoms with Crippen molar-refractivity contribution in [2.24, 2.45) is 5.73 Å². The molecule has 36 heavy (non-hydrogen) atoms. The van der Waals surface area contributed by atoms with Gasteiger partial charge in [-0.2, -0.15) is 5.10 Å². The van der Waals surface area contributed by atoms with Crippen molar-refractivity contribution in [2.75, 3.05) is 12.4 Å². The molecule has 0 fully saturated rings. The number of nitrogens with two attached hydrogens (primary N) is 1. The van der Waals surface area contributed by atoms with Gasteiger partial charge in [-0.3, -0.25) is 19.7 Å². The summed E-state index contributed by atoms with van der Waals surface area (Å²) >= 11 is 0. The lowest BCUT2D eigenvalue weighted by molar-refractivity contribution is -0.117. The zero-order chi connectivity index (χ0) is 25.2. The van der Waals surface area contributed by atoms with Crippen LogP contribution < -0.4 is 21.3 Å². The molecule has 0 radical (unpaired) electrons. The van der Waals surface area contributed by atoms with E-state index in [0.29, 0.717) is 23.4 Å². The van der Waals surface area contributed by atoms with Gasteiger partial charge in [0.2, 0.25) is 11.9 Å². The van der Waals surface area contributed by atoms with Crippen molar-refractivity contribution in [2.45, 2.75) is 13.1 Å². The van der Waals surface area contributed by atoms with Crippen molar-refractivity contribution >= 4 is 39.6 Å². The fourth-order valence-corrected chi connectivity index (χ4v) is 4.11. The Morgan fingerprint density at radius 1 is 1.00 bits per heavy atom. The number of carbonyl (C=O) groups excluding carboxylic acids is 2. The highest BCUT2D eigenvalue weighted by Crippen LogP contribution is 2.23. The molecule has 0 atom stereocenters. The highest BCUT2D eigenvalue weighted by molar-refractivity contribution is 6.04. The molecule has 0 saturated carbocycles. The molecular formula is C26H22N6O4. The largest absolute Gasteiger partial charge is 0.497 e. The molecule has 3 N–H and O–H groups in total. The van der Waals surface area contributed by atoms with Gasteiger partial charge in [0, 0.05) is 5.39 Å². The summed E-state index contributed by atoms with van der Waals surface area (Å²) in [6.07, 6.45) is 0. The molecule has 2 aromatic heterocycles. The van der Waals surface area contributed by atoms with Gasteiger partial charge < -0.3 is 15.0 Å². The number of ether oxygens (including phenoxy) is 1. The van der Waals surface area contributed by atoms with Crippen molar-refractivity contribution in [1.82, 2.24) is 19.3 Å². The van der Waals surface area contributed by atoms with Gasteiger partial charge in [-0.05, 0) is 35.9 Å². The smallest absolute Gasteiger partial charge is 0.275 e. The summed E-state index contributed by atoms with van der Waals surface area (Å²) in [5, 5.41) is 7.44. The lowest BCUT2D eigenvalue weighted by Gasteiger charge is -2.12. The SMILES string of the molecule is COc1cccc(Cn2c(NC(=O)Cn3nc(C(N)=O)c4ccccc4c3=O)nc3ccccc32)c1. The minimum Gasteiger partial charge on any atom is -0.497 e. The number of hydrogen-bond acceptors (Lipinski definition) is 6. The number of primary amides is 1. The van der Waals surface area contributed by atoms with Crippen LogP contribution in [0.25, 0.3) is 21.8 Å². The third-order valence-corrected chi connectivity index (χ3v) is 5.78.